The topological polar surface area (TPSA) is 105 Å². The summed E-state index contributed by atoms with van der Waals surface area (Å²) in [6, 6.07) is 16.9. The van der Waals surface area contributed by atoms with Crippen LogP contribution in [0.3, 0.4) is 0 Å². The third kappa shape index (κ3) is 4.75. The number of nitrogens with zero attached hydrogens (tertiary/aromatic N) is 1. The normalized spacial score (nSPS) is 13.4. The zero-order valence-corrected chi connectivity index (χ0v) is 20.6. The van der Waals surface area contributed by atoms with E-state index in [1.54, 1.807) is 50.2 Å². The second-order valence-corrected chi connectivity index (χ2v) is 8.93. The minimum atomic E-state index is -1.00. The number of rotatable bonds is 8. The number of carbonyl (C=O) groups excluding carboxylic acids is 2. The van der Waals surface area contributed by atoms with Gasteiger partial charge in [0.05, 0.1) is 14.2 Å². The van der Waals surface area contributed by atoms with E-state index in [0.29, 0.717) is 28.3 Å². The van der Waals surface area contributed by atoms with Crippen molar-refractivity contribution in [3.63, 3.8) is 0 Å². The van der Waals surface area contributed by atoms with Gasteiger partial charge in [-0.1, -0.05) is 38.1 Å². The number of hydrogen-bond donors (Lipinski definition) is 2. The maximum atomic E-state index is 13.0. The molecule has 0 unspecified atom stereocenters. The van der Waals surface area contributed by atoms with E-state index in [4.69, 9.17) is 9.47 Å². The quantitative estimate of drug-likeness (QED) is 0.477. The van der Waals surface area contributed by atoms with Crippen LogP contribution >= 0.6 is 0 Å². The van der Waals surface area contributed by atoms with Crippen LogP contribution in [0.4, 0.5) is 5.69 Å². The molecular weight excluding hydrogens is 460 g/mol. The first-order valence-electron chi connectivity index (χ1n) is 11.5. The average Bonchev–Trinajstić information content (AvgIpc) is 3.18. The summed E-state index contributed by atoms with van der Waals surface area (Å²) in [6.07, 6.45) is 0. The number of nitrogens with one attached hydrogen (secondary N) is 1. The molecule has 8 heteroatoms. The van der Waals surface area contributed by atoms with Crippen LogP contribution in [-0.4, -0.2) is 48.1 Å². The van der Waals surface area contributed by atoms with Crippen molar-refractivity contribution in [3.05, 3.63) is 77.4 Å². The Kier molecular flexibility index (Phi) is 6.96. The molecule has 3 aromatic rings. The maximum absolute atomic E-state index is 13.0. The summed E-state index contributed by atoms with van der Waals surface area (Å²) in [5.74, 6) is -0.763. The molecule has 8 nitrogen and oxygen atoms in total. The van der Waals surface area contributed by atoms with Crippen LogP contribution in [0.25, 0.3) is 11.1 Å². The van der Waals surface area contributed by atoms with E-state index in [2.05, 4.69) is 5.32 Å². The fraction of sp³-hybridized carbons (Fsp3) is 0.250. The number of benzene rings is 3. The first kappa shape index (κ1) is 24.8. The highest BCUT2D eigenvalue weighted by Gasteiger charge is 2.38. The van der Waals surface area contributed by atoms with Gasteiger partial charge in [-0.15, -0.1) is 0 Å². The van der Waals surface area contributed by atoms with Gasteiger partial charge in [0.25, 0.3) is 11.8 Å². The predicted molar refractivity (Wildman–Crippen MR) is 136 cm³/mol. The van der Waals surface area contributed by atoms with Crippen molar-refractivity contribution < 1.29 is 29.0 Å². The summed E-state index contributed by atoms with van der Waals surface area (Å²) >= 11 is 0. The molecule has 0 aliphatic carbocycles. The van der Waals surface area contributed by atoms with E-state index < -0.39 is 12.0 Å². The Bertz CT molecular complexity index is 1320. The lowest BCUT2D eigenvalue weighted by Crippen LogP contribution is -2.44. The van der Waals surface area contributed by atoms with Gasteiger partial charge in [0, 0.05) is 23.4 Å². The molecule has 0 spiro atoms. The van der Waals surface area contributed by atoms with Crippen molar-refractivity contribution in [1.29, 1.82) is 0 Å². The number of amides is 2. The summed E-state index contributed by atoms with van der Waals surface area (Å²) in [4.78, 5) is 38.9. The van der Waals surface area contributed by atoms with Crippen molar-refractivity contribution in [2.45, 2.75) is 26.4 Å². The molecule has 1 heterocycles. The summed E-state index contributed by atoms with van der Waals surface area (Å²) in [7, 11) is 3.04. The van der Waals surface area contributed by atoms with E-state index in [0.717, 1.165) is 16.7 Å². The van der Waals surface area contributed by atoms with Crippen molar-refractivity contribution >= 4 is 23.5 Å². The van der Waals surface area contributed by atoms with Crippen molar-refractivity contribution in [2.75, 3.05) is 19.5 Å². The number of anilines is 1. The average molecular weight is 489 g/mol. The maximum Gasteiger partial charge on any atom is 0.326 e. The molecule has 186 valence electrons. The van der Waals surface area contributed by atoms with Crippen molar-refractivity contribution in [1.82, 2.24) is 4.90 Å². The molecule has 0 saturated heterocycles. The largest absolute Gasteiger partial charge is 0.493 e. The summed E-state index contributed by atoms with van der Waals surface area (Å²) < 4.78 is 10.5. The van der Waals surface area contributed by atoms with Crippen LogP contribution in [0, 0.1) is 5.92 Å². The molecule has 3 aromatic carbocycles. The summed E-state index contributed by atoms with van der Waals surface area (Å²) in [5, 5.41) is 12.5. The third-order valence-electron chi connectivity index (χ3n) is 6.28. The van der Waals surface area contributed by atoms with Gasteiger partial charge in [-0.05, 0) is 59.0 Å². The van der Waals surface area contributed by atoms with Gasteiger partial charge in [-0.25, -0.2) is 4.79 Å². The standard InChI is InChI=1S/C28H28N2O6/c1-16(2)25(28(33)34)30-15-20-6-5-18(13-22(20)27(30)32)17-7-10-21(11-8-17)29-26(31)19-9-12-23(35-3)24(14-19)36-4/h5-14,16,25H,15H2,1-4H3,(H,29,31)(H,33,34)/t25-/m0/s1. The molecule has 0 radical (unpaired) electrons. The lowest BCUT2D eigenvalue weighted by atomic mass is 10.00. The first-order valence-corrected chi connectivity index (χ1v) is 11.5. The number of fused-ring (bicyclic) bond motifs is 1. The van der Waals surface area contributed by atoms with Gasteiger partial charge in [-0.2, -0.15) is 0 Å². The number of aliphatic carboxylic acids is 1. The highest BCUT2D eigenvalue weighted by Crippen LogP contribution is 2.32. The van der Waals surface area contributed by atoms with Crippen molar-refractivity contribution in [3.8, 4) is 22.6 Å². The van der Waals surface area contributed by atoms with Crippen LogP contribution < -0.4 is 14.8 Å². The number of carbonyl (C=O) groups is 3. The highest BCUT2D eigenvalue weighted by atomic mass is 16.5. The van der Waals surface area contributed by atoms with Crippen LogP contribution in [0.2, 0.25) is 0 Å². The second kappa shape index (κ2) is 10.1. The predicted octanol–water partition coefficient (Wildman–Crippen LogP) is 4.69. The molecule has 2 amide bonds. The van der Waals surface area contributed by atoms with Crippen molar-refractivity contribution in [2.24, 2.45) is 5.92 Å². The monoisotopic (exact) mass is 488 g/mol. The fourth-order valence-corrected chi connectivity index (χ4v) is 4.43. The Morgan fingerprint density at radius 1 is 0.917 bits per heavy atom. The molecule has 0 saturated carbocycles. The minimum Gasteiger partial charge on any atom is -0.493 e. The Balaban J connectivity index is 1.50. The molecule has 2 N–H and O–H groups in total. The van der Waals surface area contributed by atoms with Crippen LogP contribution in [0.1, 0.15) is 40.1 Å². The smallest absolute Gasteiger partial charge is 0.326 e. The molecular formula is C28H28N2O6. The van der Waals surface area contributed by atoms with E-state index in [1.807, 2.05) is 24.3 Å². The number of carboxylic acid groups (broad SMARTS) is 1. The Morgan fingerprint density at radius 3 is 2.19 bits per heavy atom. The minimum absolute atomic E-state index is 0.206. The zero-order valence-electron chi connectivity index (χ0n) is 20.6. The van der Waals surface area contributed by atoms with Crippen LogP contribution in [-0.2, 0) is 11.3 Å². The molecule has 0 fully saturated rings. The Labute approximate surface area is 209 Å². The van der Waals surface area contributed by atoms with Crippen LogP contribution in [0.15, 0.2) is 60.7 Å². The molecule has 1 aliphatic heterocycles. The van der Waals surface area contributed by atoms with E-state index >= 15 is 0 Å². The lowest BCUT2D eigenvalue weighted by Gasteiger charge is -2.27. The van der Waals surface area contributed by atoms with Gasteiger partial charge in [0.2, 0.25) is 0 Å². The van der Waals surface area contributed by atoms with E-state index in [1.165, 1.54) is 19.1 Å². The zero-order chi connectivity index (χ0) is 26.0. The SMILES string of the molecule is COc1ccc(C(=O)Nc2ccc(-c3ccc4c(c3)C(=O)N([C@H](C(=O)O)C(C)C)C4)cc2)cc1OC. The molecule has 1 atom stereocenters. The van der Waals surface area contributed by atoms with E-state index in [9.17, 15) is 19.5 Å². The molecule has 0 bridgehead atoms. The number of hydrogen-bond acceptors (Lipinski definition) is 5. The van der Waals surface area contributed by atoms with Crippen LogP contribution in [0.5, 0.6) is 11.5 Å². The van der Waals surface area contributed by atoms with Gasteiger partial charge >= 0.3 is 5.97 Å². The Hall–Kier alpha value is -4.33. The fourth-order valence-electron chi connectivity index (χ4n) is 4.43. The number of carboxylic acids is 1. The van der Waals surface area contributed by atoms with Gasteiger partial charge in [0.1, 0.15) is 6.04 Å². The lowest BCUT2D eigenvalue weighted by molar-refractivity contribution is -0.144. The van der Waals surface area contributed by atoms with Gasteiger partial charge in [0.15, 0.2) is 11.5 Å². The molecule has 0 aromatic heterocycles. The molecule has 36 heavy (non-hydrogen) atoms. The Morgan fingerprint density at radius 2 is 1.58 bits per heavy atom. The number of ether oxygens (including phenoxy) is 2. The molecule has 4 rings (SSSR count). The second-order valence-electron chi connectivity index (χ2n) is 8.93. The van der Waals surface area contributed by atoms with E-state index in [-0.39, 0.29) is 24.3 Å². The molecule has 1 aliphatic rings. The summed E-state index contributed by atoms with van der Waals surface area (Å²) in [6.45, 7) is 3.88. The summed E-state index contributed by atoms with van der Waals surface area (Å²) in [5.41, 5.74) is 4.08. The highest BCUT2D eigenvalue weighted by molar-refractivity contribution is 6.05. The third-order valence-corrected chi connectivity index (χ3v) is 6.28. The van der Waals surface area contributed by atoms with Gasteiger partial charge < -0.3 is 24.8 Å². The van der Waals surface area contributed by atoms with Gasteiger partial charge in [-0.3, -0.25) is 9.59 Å². The number of methoxy groups -OCH3 is 2. The first-order chi connectivity index (χ1) is 17.2.